The van der Waals surface area contributed by atoms with Crippen LogP contribution in [0.15, 0.2) is 30.7 Å². The molecule has 1 atom stereocenters. The van der Waals surface area contributed by atoms with Gasteiger partial charge in [-0.1, -0.05) is 30.7 Å². The minimum atomic E-state index is -0.291. The lowest BCUT2D eigenvalue weighted by molar-refractivity contribution is 0.0684. The lowest BCUT2D eigenvalue weighted by Crippen LogP contribution is -2.35. The highest BCUT2D eigenvalue weighted by molar-refractivity contribution is 6.33. The third-order valence-corrected chi connectivity index (χ3v) is 5.61. The van der Waals surface area contributed by atoms with Crippen LogP contribution in [-0.2, 0) is 24.8 Å². The first kappa shape index (κ1) is 18.7. The highest BCUT2D eigenvalue weighted by Crippen LogP contribution is 2.30. The molecular formula is C20H22ClN5O2. The van der Waals surface area contributed by atoms with E-state index in [1.54, 1.807) is 17.2 Å². The fourth-order valence-electron chi connectivity index (χ4n) is 3.60. The molecule has 0 saturated carbocycles. The van der Waals surface area contributed by atoms with Crippen molar-refractivity contribution in [1.29, 1.82) is 0 Å². The van der Waals surface area contributed by atoms with Crippen LogP contribution in [0.1, 0.15) is 46.0 Å². The van der Waals surface area contributed by atoms with Crippen LogP contribution < -0.4 is 5.32 Å². The highest BCUT2D eigenvalue weighted by atomic mass is 35.5. The van der Waals surface area contributed by atoms with Gasteiger partial charge in [0.25, 0.3) is 5.91 Å². The molecule has 1 N–H and O–H groups in total. The number of rotatable bonds is 4. The number of fused-ring (bicyclic) bond motifs is 1. The van der Waals surface area contributed by atoms with Gasteiger partial charge in [-0.05, 0) is 25.0 Å². The second-order valence-corrected chi connectivity index (χ2v) is 7.29. The molecule has 0 saturated heterocycles. The molecule has 1 amide bonds. The summed E-state index contributed by atoms with van der Waals surface area (Å²) in [6, 6.07) is 5.53. The monoisotopic (exact) mass is 399 g/mol. The number of benzene rings is 1. The zero-order chi connectivity index (χ0) is 19.8. The van der Waals surface area contributed by atoms with Crippen molar-refractivity contribution in [3.05, 3.63) is 64.0 Å². The van der Waals surface area contributed by atoms with E-state index in [4.69, 9.17) is 16.3 Å². The maximum atomic E-state index is 12.8. The maximum Gasteiger partial charge on any atom is 0.272 e. The van der Waals surface area contributed by atoms with Crippen molar-refractivity contribution in [2.75, 3.05) is 6.61 Å². The van der Waals surface area contributed by atoms with E-state index in [1.807, 2.05) is 43.7 Å². The number of nitrogens with one attached hydrogen (secondary N) is 1. The van der Waals surface area contributed by atoms with Crippen LogP contribution in [0.3, 0.4) is 0 Å². The average Bonchev–Trinajstić information content (AvgIpc) is 3.28. The summed E-state index contributed by atoms with van der Waals surface area (Å²) in [7, 11) is 1.89. The second-order valence-electron chi connectivity index (χ2n) is 6.91. The molecule has 0 aliphatic carbocycles. The maximum absolute atomic E-state index is 12.8. The molecule has 2 aromatic heterocycles. The van der Waals surface area contributed by atoms with Gasteiger partial charge in [-0.3, -0.25) is 4.79 Å². The van der Waals surface area contributed by atoms with Gasteiger partial charge in [0.2, 0.25) is 0 Å². The minimum absolute atomic E-state index is 0.208. The Hall–Kier alpha value is -2.64. The predicted molar refractivity (Wildman–Crippen MR) is 106 cm³/mol. The van der Waals surface area contributed by atoms with E-state index >= 15 is 0 Å². The molecule has 3 aromatic rings. The van der Waals surface area contributed by atoms with E-state index in [2.05, 4.69) is 15.4 Å². The minimum Gasteiger partial charge on any atom is -0.373 e. The lowest BCUT2D eigenvalue weighted by atomic mass is 10.1. The number of nitrogens with zero attached hydrogens (tertiary/aromatic N) is 4. The van der Waals surface area contributed by atoms with Gasteiger partial charge in [-0.15, -0.1) is 0 Å². The van der Waals surface area contributed by atoms with E-state index in [-0.39, 0.29) is 11.9 Å². The van der Waals surface area contributed by atoms with Crippen LogP contribution in [0.2, 0.25) is 5.02 Å². The number of halogens is 1. The van der Waals surface area contributed by atoms with Gasteiger partial charge in [0.05, 0.1) is 48.2 Å². The van der Waals surface area contributed by atoms with Crippen molar-refractivity contribution in [2.45, 2.75) is 32.9 Å². The van der Waals surface area contributed by atoms with Crippen molar-refractivity contribution < 1.29 is 9.53 Å². The SMILES string of the molecule is CCc1c(C(=O)N[C@@H]2COCc3c2cnn3-c2cccc(C)c2Cl)ncn1C. The number of aromatic nitrogens is 4. The summed E-state index contributed by atoms with van der Waals surface area (Å²) >= 11 is 6.48. The van der Waals surface area contributed by atoms with E-state index in [1.165, 1.54) is 0 Å². The highest BCUT2D eigenvalue weighted by Gasteiger charge is 2.29. The number of aryl methyl sites for hydroxylation is 2. The molecule has 8 heteroatoms. The number of carbonyl (C=O) groups excluding carboxylic acids is 1. The molecule has 7 nitrogen and oxygen atoms in total. The Morgan fingerprint density at radius 1 is 1.43 bits per heavy atom. The van der Waals surface area contributed by atoms with Crippen LogP contribution in [-0.4, -0.2) is 31.8 Å². The quantitative estimate of drug-likeness (QED) is 0.731. The van der Waals surface area contributed by atoms with Crippen LogP contribution >= 0.6 is 11.6 Å². The van der Waals surface area contributed by atoms with Crippen molar-refractivity contribution >= 4 is 17.5 Å². The summed E-state index contributed by atoms with van der Waals surface area (Å²) in [6.45, 7) is 4.76. The summed E-state index contributed by atoms with van der Waals surface area (Å²) in [5, 5.41) is 8.22. The summed E-state index contributed by atoms with van der Waals surface area (Å²) in [5.74, 6) is -0.208. The van der Waals surface area contributed by atoms with Crippen LogP contribution in [0.5, 0.6) is 0 Å². The molecule has 1 aliphatic heterocycles. The fourth-order valence-corrected chi connectivity index (χ4v) is 3.80. The number of hydrogen-bond acceptors (Lipinski definition) is 4. The molecule has 0 radical (unpaired) electrons. The fraction of sp³-hybridized carbons (Fsp3) is 0.350. The molecule has 1 aromatic carbocycles. The Morgan fingerprint density at radius 3 is 3.04 bits per heavy atom. The van der Waals surface area contributed by atoms with Gasteiger partial charge in [0.1, 0.15) is 5.69 Å². The molecule has 0 fully saturated rings. The smallest absolute Gasteiger partial charge is 0.272 e. The Morgan fingerprint density at radius 2 is 2.25 bits per heavy atom. The lowest BCUT2D eigenvalue weighted by Gasteiger charge is -2.24. The van der Waals surface area contributed by atoms with Crippen LogP contribution in [0, 0.1) is 6.92 Å². The Kier molecular flexibility index (Phi) is 4.95. The van der Waals surface area contributed by atoms with Gasteiger partial charge in [-0.2, -0.15) is 5.10 Å². The molecular weight excluding hydrogens is 378 g/mol. The standard InChI is InChI=1S/C20H22ClN5O2/c1-4-15-19(22-11-25(15)3)20(27)24-14-9-28-10-17-13(14)8-23-26(17)16-7-5-6-12(2)18(16)21/h5-8,11,14H,4,9-10H2,1-3H3,(H,24,27)/t14-/m1/s1. The molecule has 0 bridgehead atoms. The first-order valence-corrected chi connectivity index (χ1v) is 9.60. The summed E-state index contributed by atoms with van der Waals surface area (Å²) in [6.07, 6.45) is 4.17. The van der Waals surface area contributed by atoms with E-state index < -0.39 is 0 Å². The Labute approximate surface area is 168 Å². The largest absolute Gasteiger partial charge is 0.373 e. The number of carbonyl (C=O) groups is 1. The first-order chi connectivity index (χ1) is 13.5. The van der Waals surface area contributed by atoms with Crippen LogP contribution in [0.25, 0.3) is 5.69 Å². The normalized spacial score (nSPS) is 16.1. The van der Waals surface area contributed by atoms with E-state index in [9.17, 15) is 4.79 Å². The number of ether oxygens (including phenoxy) is 1. The van der Waals surface area contributed by atoms with E-state index in [0.29, 0.717) is 23.9 Å². The number of amides is 1. The van der Waals surface area contributed by atoms with Crippen molar-refractivity contribution in [2.24, 2.45) is 7.05 Å². The number of imidazole rings is 1. The van der Waals surface area contributed by atoms with Crippen molar-refractivity contribution in [3.8, 4) is 5.69 Å². The molecule has 1 aliphatic rings. The molecule has 28 heavy (non-hydrogen) atoms. The van der Waals surface area contributed by atoms with Gasteiger partial charge < -0.3 is 14.6 Å². The number of hydrogen-bond donors (Lipinski definition) is 1. The third-order valence-electron chi connectivity index (χ3n) is 5.11. The van der Waals surface area contributed by atoms with Gasteiger partial charge in [0.15, 0.2) is 0 Å². The average molecular weight is 400 g/mol. The van der Waals surface area contributed by atoms with Gasteiger partial charge >= 0.3 is 0 Å². The van der Waals surface area contributed by atoms with Gasteiger partial charge in [-0.25, -0.2) is 9.67 Å². The summed E-state index contributed by atoms with van der Waals surface area (Å²) < 4.78 is 9.42. The van der Waals surface area contributed by atoms with E-state index in [0.717, 1.165) is 34.6 Å². The Bertz CT molecular complexity index is 1040. The topological polar surface area (TPSA) is 74.0 Å². The molecule has 4 rings (SSSR count). The Balaban J connectivity index is 1.64. The predicted octanol–water partition coefficient (Wildman–Crippen LogP) is 3.13. The van der Waals surface area contributed by atoms with Crippen molar-refractivity contribution in [1.82, 2.24) is 24.6 Å². The first-order valence-electron chi connectivity index (χ1n) is 9.22. The molecule has 146 valence electrons. The second kappa shape index (κ2) is 7.41. The molecule has 0 unspecified atom stereocenters. The summed E-state index contributed by atoms with van der Waals surface area (Å²) in [5.41, 5.74) is 4.96. The zero-order valence-electron chi connectivity index (χ0n) is 16.1. The third kappa shape index (κ3) is 3.10. The molecule has 0 spiro atoms. The van der Waals surface area contributed by atoms with Crippen LogP contribution in [0.4, 0.5) is 0 Å². The zero-order valence-corrected chi connectivity index (χ0v) is 16.8. The van der Waals surface area contributed by atoms with Gasteiger partial charge in [0, 0.05) is 18.3 Å². The van der Waals surface area contributed by atoms with Crippen molar-refractivity contribution in [3.63, 3.8) is 0 Å². The summed E-state index contributed by atoms with van der Waals surface area (Å²) in [4.78, 5) is 17.1. The molecule has 3 heterocycles.